The second kappa shape index (κ2) is 6.76. The van der Waals surface area contributed by atoms with Gasteiger partial charge in [-0.15, -0.1) is 0 Å². The van der Waals surface area contributed by atoms with E-state index in [1.807, 2.05) is 25.1 Å². The van der Waals surface area contributed by atoms with Gasteiger partial charge in [-0.1, -0.05) is 34.1 Å². The molecule has 2 unspecified atom stereocenters. The molecule has 2 aromatic rings. The Morgan fingerprint density at radius 1 is 1.19 bits per heavy atom. The lowest BCUT2D eigenvalue weighted by molar-refractivity contribution is -0.116. The molecule has 4 rings (SSSR count). The van der Waals surface area contributed by atoms with Crippen LogP contribution in [0.3, 0.4) is 0 Å². The van der Waals surface area contributed by atoms with Gasteiger partial charge in [-0.2, -0.15) is 0 Å². The molecule has 0 saturated heterocycles. The second-order valence-electron chi connectivity index (χ2n) is 6.85. The van der Waals surface area contributed by atoms with Crippen LogP contribution in [0.25, 0.3) is 0 Å². The summed E-state index contributed by atoms with van der Waals surface area (Å²) in [5.74, 6) is 0.963. The molecule has 2 atom stereocenters. The molecule has 2 N–H and O–H groups in total. The van der Waals surface area contributed by atoms with E-state index in [2.05, 4.69) is 62.7 Å². The van der Waals surface area contributed by atoms with Crippen LogP contribution in [0.1, 0.15) is 25.0 Å². The molecule has 0 bridgehead atoms. The molecule has 26 heavy (non-hydrogen) atoms. The van der Waals surface area contributed by atoms with Crippen molar-refractivity contribution in [2.24, 2.45) is 4.99 Å². The molecule has 0 aromatic heterocycles. The van der Waals surface area contributed by atoms with Crippen LogP contribution < -0.4 is 10.6 Å². The number of rotatable bonds is 3. The molecule has 134 valence electrons. The van der Waals surface area contributed by atoms with E-state index >= 15 is 0 Å². The minimum absolute atomic E-state index is 0.0125. The van der Waals surface area contributed by atoms with Crippen molar-refractivity contribution in [2.75, 3.05) is 17.2 Å². The van der Waals surface area contributed by atoms with E-state index < -0.39 is 0 Å². The summed E-state index contributed by atoms with van der Waals surface area (Å²) in [6.07, 6.45) is 0. The molecule has 0 radical (unpaired) electrons. The molecular formula is C20H21BrN4O. The van der Waals surface area contributed by atoms with Crippen LogP contribution in [0.5, 0.6) is 0 Å². The summed E-state index contributed by atoms with van der Waals surface area (Å²) in [6, 6.07) is 14.5. The molecule has 5 nitrogen and oxygen atoms in total. The first-order chi connectivity index (χ1) is 12.5. The first kappa shape index (κ1) is 17.1. The Morgan fingerprint density at radius 3 is 2.81 bits per heavy atom. The summed E-state index contributed by atoms with van der Waals surface area (Å²) >= 11 is 3.64. The summed E-state index contributed by atoms with van der Waals surface area (Å²) in [4.78, 5) is 19.1. The number of aliphatic imine (C=N–C) groups is 1. The lowest BCUT2D eigenvalue weighted by Crippen LogP contribution is -2.37. The summed E-state index contributed by atoms with van der Waals surface area (Å²) in [7, 11) is 0. The number of hydrogen-bond donors (Lipinski definition) is 2. The van der Waals surface area contributed by atoms with Crippen LogP contribution in [-0.2, 0) is 11.3 Å². The van der Waals surface area contributed by atoms with Crippen molar-refractivity contribution in [3.63, 3.8) is 0 Å². The fraction of sp³-hybridized carbons (Fsp3) is 0.300. The number of carbonyl (C=O) groups excluding carboxylic acids is 1. The maximum atomic E-state index is 12.0. The molecule has 1 amide bonds. The standard InChI is InChI=1S/C20H21BrN4O/c1-12-10-22-19(25(12)11-15-5-3-4-6-16(15)21)14-7-8-17-18(9-14)24-20(26)13(2)23-17/h3-9,12-13,23H,10-11H2,1-2H3,(H,24,26). The highest BCUT2D eigenvalue weighted by molar-refractivity contribution is 9.10. The Labute approximate surface area is 161 Å². The quantitative estimate of drug-likeness (QED) is 0.804. The van der Waals surface area contributed by atoms with Gasteiger partial charge in [0.1, 0.15) is 11.9 Å². The average molecular weight is 413 g/mol. The van der Waals surface area contributed by atoms with Crippen LogP contribution in [0.15, 0.2) is 51.9 Å². The predicted octanol–water partition coefficient (Wildman–Crippen LogP) is 3.85. The van der Waals surface area contributed by atoms with Gasteiger partial charge < -0.3 is 15.5 Å². The number of benzene rings is 2. The smallest absolute Gasteiger partial charge is 0.246 e. The molecule has 0 fully saturated rings. The van der Waals surface area contributed by atoms with E-state index in [4.69, 9.17) is 4.99 Å². The summed E-state index contributed by atoms with van der Waals surface area (Å²) in [5, 5.41) is 6.20. The molecule has 2 aliphatic heterocycles. The molecular weight excluding hydrogens is 392 g/mol. The Balaban J connectivity index is 1.63. The summed E-state index contributed by atoms with van der Waals surface area (Å²) in [6.45, 7) is 5.61. The summed E-state index contributed by atoms with van der Waals surface area (Å²) in [5.41, 5.74) is 4.02. The zero-order valence-electron chi connectivity index (χ0n) is 14.8. The summed E-state index contributed by atoms with van der Waals surface area (Å²) < 4.78 is 1.11. The minimum atomic E-state index is -0.218. The van der Waals surface area contributed by atoms with E-state index in [0.717, 1.165) is 40.3 Å². The number of halogens is 1. The van der Waals surface area contributed by atoms with Gasteiger partial charge in [0.05, 0.1) is 17.9 Å². The van der Waals surface area contributed by atoms with E-state index in [0.29, 0.717) is 6.04 Å². The molecule has 2 aliphatic rings. The topological polar surface area (TPSA) is 56.7 Å². The lowest BCUT2D eigenvalue weighted by atomic mass is 10.1. The van der Waals surface area contributed by atoms with Gasteiger partial charge in [0.25, 0.3) is 0 Å². The molecule has 0 aliphatic carbocycles. The molecule has 2 heterocycles. The third kappa shape index (κ3) is 3.09. The Bertz CT molecular complexity index is 895. The lowest BCUT2D eigenvalue weighted by Gasteiger charge is -2.28. The first-order valence-electron chi connectivity index (χ1n) is 8.79. The third-order valence-corrected chi connectivity index (χ3v) is 5.68. The monoisotopic (exact) mass is 412 g/mol. The highest BCUT2D eigenvalue weighted by Gasteiger charge is 2.28. The largest absolute Gasteiger partial charge is 0.372 e. The molecule has 0 spiro atoms. The number of amides is 1. The van der Waals surface area contributed by atoms with E-state index in [9.17, 15) is 4.79 Å². The number of amidine groups is 1. The van der Waals surface area contributed by atoms with Gasteiger partial charge in [0.2, 0.25) is 5.91 Å². The minimum Gasteiger partial charge on any atom is -0.372 e. The van der Waals surface area contributed by atoms with Crippen LogP contribution in [0, 0.1) is 0 Å². The van der Waals surface area contributed by atoms with E-state index in [1.54, 1.807) is 0 Å². The van der Waals surface area contributed by atoms with Gasteiger partial charge in [0.15, 0.2) is 0 Å². The van der Waals surface area contributed by atoms with Crippen LogP contribution in [-0.4, -0.2) is 35.3 Å². The van der Waals surface area contributed by atoms with Gasteiger partial charge >= 0.3 is 0 Å². The third-order valence-electron chi connectivity index (χ3n) is 4.91. The van der Waals surface area contributed by atoms with Crippen molar-refractivity contribution in [2.45, 2.75) is 32.5 Å². The van der Waals surface area contributed by atoms with E-state index in [1.165, 1.54) is 5.56 Å². The molecule has 2 aromatic carbocycles. The van der Waals surface area contributed by atoms with E-state index in [-0.39, 0.29) is 11.9 Å². The zero-order valence-corrected chi connectivity index (χ0v) is 16.4. The fourth-order valence-electron chi connectivity index (χ4n) is 3.37. The van der Waals surface area contributed by atoms with Crippen molar-refractivity contribution < 1.29 is 4.79 Å². The van der Waals surface area contributed by atoms with Crippen molar-refractivity contribution in [1.29, 1.82) is 0 Å². The SMILES string of the molecule is CC1Nc2ccc(C3=NCC(C)N3Cc3ccccc3Br)cc2NC1=O. The maximum Gasteiger partial charge on any atom is 0.246 e. The Hall–Kier alpha value is -2.34. The zero-order chi connectivity index (χ0) is 18.3. The number of anilines is 2. The highest BCUT2D eigenvalue weighted by atomic mass is 79.9. The van der Waals surface area contributed by atoms with Crippen LogP contribution in [0.4, 0.5) is 11.4 Å². The van der Waals surface area contributed by atoms with Gasteiger partial charge in [0, 0.05) is 22.6 Å². The van der Waals surface area contributed by atoms with Gasteiger partial charge in [-0.3, -0.25) is 9.79 Å². The van der Waals surface area contributed by atoms with Crippen molar-refractivity contribution in [3.05, 3.63) is 58.1 Å². The average Bonchev–Trinajstić information content (AvgIpc) is 2.98. The molecule has 6 heteroatoms. The van der Waals surface area contributed by atoms with Crippen molar-refractivity contribution in [1.82, 2.24) is 4.90 Å². The Kier molecular flexibility index (Phi) is 4.44. The Morgan fingerprint density at radius 2 is 2.00 bits per heavy atom. The number of nitrogens with one attached hydrogen (secondary N) is 2. The number of nitrogens with zero attached hydrogens (tertiary/aromatic N) is 2. The molecule has 0 saturated carbocycles. The fourth-order valence-corrected chi connectivity index (χ4v) is 3.78. The van der Waals surface area contributed by atoms with Crippen LogP contribution >= 0.6 is 15.9 Å². The van der Waals surface area contributed by atoms with Gasteiger partial charge in [-0.05, 0) is 43.7 Å². The number of hydrogen-bond acceptors (Lipinski definition) is 4. The maximum absolute atomic E-state index is 12.0. The van der Waals surface area contributed by atoms with Crippen LogP contribution in [0.2, 0.25) is 0 Å². The van der Waals surface area contributed by atoms with Gasteiger partial charge in [-0.25, -0.2) is 0 Å². The predicted molar refractivity (Wildman–Crippen MR) is 109 cm³/mol. The highest BCUT2D eigenvalue weighted by Crippen LogP contribution is 2.30. The number of fused-ring (bicyclic) bond motifs is 1. The first-order valence-corrected chi connectivity index (χ1v) is 9.58. The van der Waals surface area contributed by atoms with Crippen molar-refractivity contribution in [3.8, 4) is 0 Å². The number of carbonyl (C=O) groups is 1. The second-order valence-corrected chi connectivity index (χ2v) is 7.70. The normalized spacial score (nSPS) is 21.7. The van der Waals surface area contributed by atoms with Crippen molar-refractivity contribution >= 4 is 39.0 Å².